The Kier molecular flexibility index (Phi) is 6.79. The predicted molar refractivity (Wildman–Crippen MR) is 119 cm³/mol. The highest BCUT2D eigenvalue weighted by Crippen LogP contribution is 2.24. The Bertz CT molecular complexity index is 1030. The number of rotatable bonds is 0. The van der Waals surface area contributed by atoms with Crippen molar-refractivity contribution in [3.05, 3.63) is 60.9 Å². The van der Waals surface area contributed by atoms with E-state index in [1.54, 1.807) is 0 Å². The highest BCUT2D eigenvalue weighted by atomic mass is 16.5. The second-order valence-electron chi connectivity index (χ2n) is 7.14. The molecular weight excluding hydrogens is 394 g/mol. The van der Waals surface area contributed by atoms with Crippen LogP contribution in [0, 0.1) is 0 Å². The molecule has 0 unspecified atom stereocenters. The minimum atomic E-state index is -0.135. The highest BCUT2D eigenvalue weighted by molar-refractivity contribution is 5.77. The summed E-state index contributed by atoms with van der Waals surface area (Å²) in [4.78, 5) is 20.6. The molecule has 1 aliphatic rings. The summed E-state index contributed by atoms with van der Waals surface area (Å²) in [7, 11) is 0. The van der Waals surface area contributed by atoms with Gasteiger partial charge in [-0.15, -0.1) is 0 Å². The van der Waals surface area contributed by atoms with E-state index in [4.69, 9.17) is 9.47 Å². The van der Waals surface area contributed by atoms with Gasteiger partial charge in [-0.25, -0.2) is 9.97 Å². The molecular formula is C23H25N5O3. The van der Waals surface area contributed by atoms with Crippen LogP contribution in [0.5, 0.6) is 11.5 Å². The van der Waals surface area contributed by atoms with Crippen LogP contribution in [-0.4, -0.2) is 35.6 Å². The Labute approximate surface area is 181 Å². The molecule has 1 aromatic heterocycles. The van der Waals surface area contributed by atoms with Gasteiger partial charge in [0, 0.05) is 36.1 Å². The van der Waals surface area contributed by atoms with Crippen molar-refractivity contribution in [2.75, 3.05) is 30.4 Å². The number of hydrogen-bond acceptors (Lipinski definition) is 7. The molecule has 31 heavy (non-hydrogen) atoms. The third-order valence-electron chi connectivity index (χ3n) is 4.66. The van der Waals surface area contributed by atoms with Crippen LogP contribution < -0.4 is 25.4 Å². The Hall–Kier alpha value is -3.81. The fourth-order valence-corrected chi connectivity index (χ4v) is 3.14. The molecule has 2 heterocycles. The zero-order valence-electron chi connectivity index (χ0n) is 17.1. The maximum atomic E-state index is 12.0. The van der Waals surface area contributed by atoms with Gasteiger partial charge in [0.15, 0.2) is 6.61 Å². The van der Waals surface area contributed by atoms with Crippen molar-refractivity contribution in [1.29, 1.82) is 0 Å². The lowest BCUT2D eigenvalue weighted by Crippen LogP contribution is -2.29. The van der Waals surface area contributed by atoms with Crippen LogP contribution in [0.4, 0.5) is 23.0 Å². The first-order valence-corrected chi connectivity index (χ1v) is 10.3. The molecule has 2 aromatic carbocycles. The average Bonchev–Trinajstić information content (AvgIpc) is 2.77. The summed E-state index contributed by atoms with van der Waals surface area (Å²) in [6.07, 6.45) is 4.27. The summed E-state index contributed by atoms with van der Waals surface area (Å²) in [5.74, 6) is 2.55. The van der Waals surface area contributed by atoms with Crippen LogP contribution in [0.2, 0.25) is 0 Å². The molecule has 3 aromatic rings. The topological polar surface area (TPSA) is 97.4 Å². The zero-order valence-corrected chi connectivity index (χ0v) is 17.1. The SMILES string of the molecule is O=C1COc2cccc(c2)Nc2cc(ncn2)Nc2cccc(c2)OCCCCCN1. The van der Waals surface area contributed by atoms with E-state index in [1.165, 1.54) is 6.33 Å². The molecule has 0 aliphatic carbocycles. The van der Waals surface area contributed by atoms with Crippen LogP contribution >= 0.6 is 0 Å². The summed E-state index contributed by atoms with van der Waals surface area (Å²) in [6, 6.07) is 17.0. The highest BCUT2D eigenvalue weighted by Gasteiger charge is 2.06. The molecule has 8 nitrogen and oxygen atoms in total. The van der Waals surface area contributed by atoms with Gasteiger partial charge in [0.05, 0.1) is 6.61 Å². The summed E-state index contributed by atoms with van der Waals surface area (Å²) >= 11 is 0. The molecule has 8 heteroatoms. The third-order valence-corrected chi connectivity index (χ3v) is 4.66. The van der Waals surface area contributed by atoms with Gasteiger partial charge in [-0.3, -0.25) is 4.79 Å². The number of nitrogens with zero attached hydrogens (tertiary/aromatic N) is 2. The smallest absolute Gasteiger partial charge is 0.257 e. The molecule has 6 bridgehead atoms. The Balaban J connectivity index is 1.53. The molecule has 0 atom stereocenters. The summed E-state index contributed by atoms with van der Waals surface area (Å²) in [5.41, 5.74) is 1.68. The fourth-order valence-electron chi connectivity index (χ4n) is 3.14. The quantitative estimate of drug-likeness (QED) is 0.506. The van der Waals surface area contributed by atoms with Gasteiger partial charge in [0.25, 0.3) is 5.91 Å². The van der Waals surface area contributed by atoms with E-state index in [0.29, 0.717) is 30.5 Å². The second kappa shape index (κ2) is 10.3. The number of carbonyl (C=O) groups excluding carboxylic acids is 1. The monoisotopic (exact) mass is 419 g/mol. The van der Waals surface area contributed by atoms with Gasteiger partial charge in [0.2, 0.25) is 0 Å². The van der Waals surface area contributed by atoms with Crippen molar-refractivity contribution in [3.63, 3.8) is 0 Å². The summed E-state index contributed by atoms with van der Waals surface area (Å²) < 4.78 is 11.5. The first-order chi connectivity index (χ1) is 15.2. The minimum Gasteiger partial charge on any atom is -0.494 e. The van der Waals surface area contributed by atoms with E-state index in [-0.39, 0.29) is 12.5 Å². The number of aromatic nitrogens is 2. The zero-order chi connectivity index (χ0) is 21.3. The van der Waals surface area contributed by atoms with Gasteiger partial charge >= 0.3 is 0 Å². The maximum Gasteiger partial charge on any atom is 0.257 e. The first-order valence-electron chi connectivity index (χ1n) is 10.3. The van der Waals surface area contributed by atoms with E-state index in [2.05, 4.69) is 25.9 Å². The molecule has 0 saturated carbocycles. The number of ether oxygens (including phenoxy) is 2. The standard InChI is InChI=1S/C23H25N5O3/c29-23-15-31-20-9-5-7-18(13-20)28-22-14-21(25-16-26-22)27-17-6-4-8-19(12-17)30-11-3-1-2-10-24-23/h4-9,12-14,16H,1-3,10-11,15H2,(H,24,29)(H2,25,26,27,28). The molecule has 4 rings (SSSR count). The summed E-state index contributed by atoms with van der Waals surface area (Å²) in [5, 5.41) is 9.41. The van der Waals surface area contributed by atoms with E-state index >= 15 is 0 Å². The Morgan fingerprint density at radius 2 is 1.45 bits per heavy atom. The lowest BCUT2D eigenvalue weighted by molar-refractivity contribution is -0.123. The van der Waals surface area contributed by atoms with Crippen molar-refractivity contribution in [2.45, 2.75) is 19.3 Å². The van der Waals surface area contributed by atoms with Crippen LogP contribution in [0.1, 0.15) is 19.3 Å². The number of carbonyl (C=O) groups is 1. The molecule has 1 aliphatic heterocycles. The fraction of sp³-hybridized carbons (Fsp3) is 0.261. The molecule has 160 valence electrons. The number of benzene rings is 2. The molecule has 1 amide bonds. The van der Waals surface area contributed by atoms with E-state index in [9.17, 15) is 4.79 Å². The van der Waals surface area contributed by atoms with Crippen LogP contribution in [0.3, 0.4) is 0 Å². The van der Waals surface area contributed by atoms with Crippen molar-refractivity contribution in [3.8, 4) is 11.5 Å². The normalized spacial score (nSPS) is 15.0. The van der Waals surface area contributed by atoms with Gasteiger partial charge in [-0.1, -0.05) is 12.1 Å². The third kappa shape index (κ3) is 6.33. The largest absolute Gasteiger partial charge is 0.494 e. The second-order valence-corrected chi connectivity index (χ2v) is 7.14. The average molecular weight is 419 g/mol. The summed E-state index contributed by atoms with van der Waals surface area (Å²) in [6.45, 7) is 1.22. The van der Waals surface area contributed by atoms with E-state index < -0.39 is 0 Å². The van der Waals surface area contributed by atoms with Crippen molar-refractivity contribution in [1.82, 2.24) is 15.3 Å². The Morgan fingerprint density at radius 1 is 0.774 bits per heavy atom. The van der Waals surface area contributed by atoms with Crippen LogP contribution in [-0.2, 0) is 4.79 Å². The number of hydrogen-bond donors (Lipinski definition) is 3. The molecule has 0 spiro atoms. The van der Waals surface area contributed by atoms with Gasteiger partial charge in [0.1, 0.15) is 29.5 Å². The number of anilines is 4. The number of fused-ring (bicyclic) bond motifs is 6. The lowest BCUT2D eigenvalue weighted by atomic mass is 10.2. The van der Waals surface area contributed by atoms with Crippen LogP contribution in [0.15, 0.2) is 60.9 Å². The van der Waals surface area contributed by atoms with Crippen LogP contribution in [0.25, 0.3) is 0 Å². The molecule has 0 saturated heterocycles. The first kappa shape index (κ1) is 20.5. The number of nitrogens with one attached hydrogen (secondary N) is 3. The van der Waals surface area contributed by atoms with Crippen molar-refractivity contribution >= 4 is 28.9 Å². The molecule has 0 radical (unpaired) electrons. The minimum absolute atomic E-state index is 0.0241. The van der Waals surface area contributed by atoms with Crippen molar-refractivity contribution in [2.24, 2.45) is 0 Å². The van der Waals surface area contributed by atoms with E-state index in [1.807, 2.05) is 54.6 Å². The maximum absolute atomic E-state index is 12.0. The van der Waals surface area contributed by atoms with Crippen molar-refractivity contribution < 1.29 is 14.3 Å². The number of amides is 1. The Morgan fingerprint density at radius 3 is 2.16 bits per heavy atom. The predicted octanol–water partition coefficient (Wildman–Crippen LogP) is 4.02. The van der Waals surface area contributed by atoms with Gasteiger partial charge < -0.3 is 25.4 Å². The lowest BCUT2D eigenvalue weighted by Gasteiger charge is -2.11. The molecule has 0 fully saturated rings. The van der Waals surface area contributed by atoms with E-state index in [0.717, 1.165) is 36.4 Å². The molecule has 3 N–H and O–H groups in total. The van der Waals surface area contributed by atoms with Gasteiger partial charge in [-0.05, 0) is 43.5 Å². The van der Waals surface area contributed by atoms with Gasteiger partial charge in [-0.2, -0.15) is 0 Å².